The van der Waals surface area contributed by atoms with Gasteiger partial charge in [0.1, 0.15) is 5.82 Å². The predicted molar refractivity (Wildman–Crippen MR) is 151 cm³/mol. The number of allylic oxidation sites excluding steroid dienone is 4. The number of nitrogens with zero attached hydrogens (tertiary/aromatic N) is 3. The molecule has 0 saturated carbocycles. The average Bonchev–Trinajstić information content (AvgIpc) is 3.20. The first-order valence-electron chi connectivity index (χ1n) is 12.7. The molecule has 0 radical (unpaired) electrons. The summed E-state index contributed by atoms with van der Waals surface area (Å²) in [4.78, 5) is 25.2. The van der Waals surface area contributed by atoms with E-state index in [2.05, 4.69) is 17.2 Å². The molecule has 0 saturated heterocycles. The molecule has 3 aromatic rings. The smallest absolute Gasteiger partial charge is 0.320 e. The molecule has 0 fully saturated rings. The first kappa shape index (κ1) is 26.9. The minimum atomic E-state index is -0.773. The Hall–Kier alpha value is -4.17. The van der Waals surface area contributed by atoms with Crippen LogP contribution in [-0.2, 0) is 7.05 Å². The number of para-hydroxylation sites is 1. The van der Waals surface area contributed by atoms with Gasteiger partial charge in [-0.3, -0.25) is 10.1 Å². The first-order chi connectivity index (χ1) is 18.1. The van der Waals surface area contributed by atoms with Gasteiger partial charge in [-0.2, -0.15) is 5.10 Å². The molecule has 8 nitrogen and oxygen atoms in total. The van der Waals surface area contributed by atoms with Crippen molar-refractivity contribution in [1.29, 1.82) is 0 Å². The highest BCUT2D eigenvalue weighted by Gasteiger charge is 2.30. The number of rotatable bonds is 4. The van der Waals surface area contributed by atoms with Crippen molar-refractivity contribution in [2.24, 2.45) is 12.5 Å². The van der Waals surface area contributed by atoms with Crippen molar-refractivity contribution in [3.8, 4) is 16.9 Å². The monoisotopic (exact) mass is 513 g/mol. The van der Waals surface area contributed by atoms with Gasteiger partial charge in [-0.15, -0.1) is 0 Å². The molecule has 3 N–H and O–H groups in total. The highest BCUT2D eigenvalue weighted by atomic mass is 16.3. The number of hydrogen-bond donors (Lipinski definition) is 3. The Morgan fingerprint density at radius 2 is 1.89 bits per heavy atom. The fourth-order valence-electron chi connectivity index (χ4n) is 4.53. The van der Waals surface area contributed by atoms with Crippen LogP contribution in [0.3, 0.4) is 0 Å². The summed E-state index contributed by atoms with van der Waals surface area (Å²) < 4.78 is 3.17. The van der Waals surface area contributed by atoms with E-state index < -0.39 is 18.2 Å². The summed E-state index contributed by atoms with van der Waals surface area (Å²) in [6, 6.07) is 11.8. The lowest BCUT2D eigenvalue weighted by Crippen LogP contribution is -2.46. The van der Waals surface area contributed by atoms with E-state index in [0.717, 1.165) is 22.4 Å². The Balaban J connectivity index is 1.65. The van der Waals surface area contributed by atoms with Gasteiger partial charge in [0.05, 0.1) is 23.5 Å². The normalized spacial score (nSPS) is 20.9. The van der Waals surface area contributed by atoms with Crippen LogP contribution in [0.15, 0.2) is 89.9 Å². The van der Waals surface area contributed by atoms with E-state index in [0.29, 0.717) is 24.4 Å². The van der Waals surface area contributed by atoms with Crippen molar-refractivity contribution in [2.45, 2.75) is 45.8 Å². The Bertz CT molecular complexity index is 1450. The summed E-state index contributed by atoms with van der Waals surface area (Å²) in [5.41, 5.74) is 3.39. The third-order valence-electron chi connectivity index (χ3n) is 7.02. The van der Waals surface area contributed by atoms with Crippen molar-refractivity contribution in [3.05, 3.63) is 101 Å². The molecule has 1 aromatic carbocycles. The molecule has 0 aliphatic heterocycles. The van der Waals surface area contributed by atoms with Crippen LogP contribution < -0.4 is 16.2 Å². The fourth-order valence-corrected chi connectivity index (χ4v) is 4.53. The van der Waals surface area contributed by atoms with Crippen LogP contribution in [0.2, 0.25) is 0 Å². The summed E-state index contributed by atoms with van der Waals surface area (Å²) in [6.45, 7) is 10.1. The molecule has 0 spiro atoms. The Kier molecular flexibility index (Phi) is 7.83. The minimum Gasteiger partial charge on any atom is -0.391 e. The van der Waals surface area contributed by atoms with Gasteiger partial charge < -0.3 is 15.0 Å². The number of benzene rings is 1. The quantitative estimate of drug-likeness (QED) is 0.463. The van der Waals surface area contributed by atoms with Crippen molar-refractivity contribution >= 4 is 11.8 Å². The van der Waals surface area contributed by atoms with Crippen molar-refractivity contribution in [3.63, 3.8) is 0 Å². The largest absolute Gasteiger partial charge is 0.391 e. The van der Waals surface area contributed by atoms with Gasteiger partial charge in [0, 0.05) is 30.4 Å². The molecule has 1 aliphatic carbocycles. The number of carbonyl (C=O) groups is 1. The molecule has 8 heteroatoms. The number of anilines is 1. The fraction of sp³-hybridized carbons (Fsp3) is 0.300. The second-order valence-corrected chi connectivity index (χ2v) is 10.3. The molecule has 2 heterocycles. The standard InChI is InChI=1S/C30H35N5O3/c1-20-12-8-6-11-15-24(25(36)18-30(20,3)4)31-29(38)32-28-21(2)27(22-16-17-26(37)34(5)19-22)33-35(28)23-13-9-7-10-14-23/h6-14,16-17,19,24-25,36H,1,15,18H2,2-5H3,(H2,31,32,38)/b11-6-,12-8-/t24-,25-/m1/s1. The van der Waals surface area contributed by atoms with E-state index >= 15 is 0 Å². The van der Waals surface area contributed by atoms with Crippen molar-refractivity contribution < 1.29 is 9.90 Å². The zero-order valence-corrected chi connectivity index (χ0v) is 22.3. The molecule has 198 valence electrons. The Morgan fingerprint density at radius 3 is 2.61 bits per heavy atom. The zero-order valence-electron chi connectivity index (χ0n) is 22.3. The van der Waals surface area contributed by atoms with E-state index in [4.69, 9.17) is 5.10 Å². The lowest BCUT2D eigenvalue weighted by atomic mass is 9.78. The summed E-state index contributed by atoms with van der Waals surface area (Å²) in [5, 5.41) is 21.8. The number of aliphatic hydroxyl groups excluding tert-OH is 1. The molecule has 0 bridgehead atoms. The summed E-state index contributed by atoms with van der Waals surface area (Å²) >= 11 is 0. The van der Waals surface area contributed by atoms with Crippen LogP contribution in [-0.4, -0.2) is 37.6 Å². The van der Waals surface area contributed by atoms with E-state index in [1.165, 1.54) is 10.6 Å². The number of pyridine rings is 1. The van der Waals surface area contributed by atoms with Gasteiger partial charge in [0.25, 0.3) is 0 Å². The number of aryl methyl sites for hydroxylation is 1. The zero-order chi connectivity index (χ0) is 27.4. The summed E-state index contributed by atoms with van der Waals surface area (Å²) in [5.74, 6) is 0.499. The van der Waals surface area contributed by atoms with Gasteiger partial charge in [0.2, 0.25) is 5.56 Å². The van der Waals surface area contributed by atoms with Crippen LogP contribution >= 0.6 is 0 Å². The van der Waals surface area contributed by atoms with Crippen LogP contribution in [0.1, 0.15) is 32.3 Å². The molecular formula is C30H35N5O3. The predicted octanol–water partition coefficient (Wildman–Crippen LogP) is 4.89. The number of nitrogens with one attached hydrogen (secondary N) is 2. The van der Waals surface area contributed by atoms with Gasteiger partial charge in [0.15, 0.2) is 0 Å². The third kappa shape index (κ3) is 5.86. The highest BCUT2D eigenvalue weighted by Crippen LogP contribution is 2.33. The molecule has 1 aliphatic rings. The van der Waals surface area contributed by atoms with Gasteiger partial charge in [-0.1, -0.05) is 62.9 Å². The number of aromatic nitrogens is 3. The topological polar surface area (TPSA) is 101 Å². The average molecular weight is 514 g/mol. The molecule has 2 atom stereocenters. The van der Waals surface area contributed by atoms with Gasteiger partial charge in [-0.25, -0.2) is 9.48 Å². The maximum absolute atomic E-state index is 13.3. The van der Waals surface area contributed by atoms with Gasteiger partial charge in [-0.05, 0) is 49.0 Å². The van der Waals surface area contributed by atoms with Gasteiger partial charge >= 0.3 is 6.03 Å². The highest BCUT2D eigenvalue weighted by molar-refractivity contribution is 5.91. The van der Waals surface area contributed by atoms with Crippen LogP contribution in [0, 0.1) is 12.3 Å². The van der Waals surface area contributed by atoms with E-state index in [1.807, 2.05) is 75.4 Å². The second kappa shape index (κ2) is 11.1. The van der Waals surface area contributed by atoms with Crippen LogP contribution in [0.5, 0.6) is 0 Å². The SMILES string of the molecule is C=C1/C=C\C=C/C[C@@H](NC(=O)Nc2c(C)c(-c3ccc(=O)n(C)c3)nn2-c2ccccc2)[C@H](O)CC1(C)C. The maximum atomic E-state index is 13.3. The Morgan fingerprint density at radius 1 is 1.16 bits per heavy atom. The number of hydrogen-bond acceptors (Lipinski definition) is 4. The summed E-state index contributed by atoms with van der Waals surface area (Å²) in [7, 11) is 1.69. The molecule has 0 unspecified atom stereocenters. The molecular weight excluding hydrogens is 478 g/mol. The first-order valence-corrected chi connectivity index (χ1v) is 12.7. The van der Waals surface area contributed by atoms with Crippen LogP contribution in [0.25, 0.3) is 16.9 Å². The maximum Gasteiger partial charge on any atom is 0.320 e. The minimum absolute atomic E-state index is 0.118. The number of carbonyl (C=O) groups excluding carboxylic acids is 1. The lowest BCUT2D eigenvalue weighted by Gasteiger charge is -2.32. The van der Waals surface area contributed by atoms with E-state index in [9.17, 15) is 14.7 Å². The van der Waals surface area contributed by atoms with Crippen LogP contribution in [0.4, 0.5) is 10.6 Å². The van der Waals surface area contributed by atoms with E-state index in [1.54, 1.807) is 24.0 Å². The summed E-state index contributed by atoms with van der Waals surface area (Å²) in [6.07, 6.45) is 9.59. The molecule has 4 rings (SSSR count). The molecule has 2 aromatic heterocycles. The van der Waals surface area contributed by atoms with Crippen molar-refractivity contribution in [2.75, 3.05) is 5.32 Å². The third-order valence-corrected chi connectivity index (χ3v) is 7.02. The molecule has 2 amide bonds. The van der Waals surface area contributed by atoms with E-state index in [-0.39, 0.29) is 11.0 Å². The number of aliphatic hydroxyl groups is 1. The number of amides is 2. The molecule has 38 heavy (non-hydrogen) atoms. The lowest BCUT2D eigenvalue weighted by molar-refractivity contribution is 0.0929. The second-order valence-electron chi connectivity index (χ2n) is 10.3. The number of urea groups is 1. The Labute approximate surface area is 223 Å². The van der Waals surface area contributed by atoms with Crippen molar-refractivity contribution in [1.82, 2.24) is 19.7 Å².